The summed E-state index contributed by atoms with van der Waals surface area (Å²) in [6.07, 6.45) is -4.82. The number of methoxy groups -OCH3 is 1. The highest BCUT2D eigenvalue weighted by Gasteiger charge is 2.42. The van der Waals surface area contributed by atoms with Crippen molar-refractivity contribution in [2.45, 2.75) is 31.5 Å². The Hall–Kier alpha value is -2.32. The second kappa shape index (κ2) is 5.82. The van der Waals surface area contributed by atoms with Gasteiger partial charge in [0.05, 0.1) is 18.5 Å². The molecule has 1 aromatic carbocycles. The first-order chi connectivity index (χ1) is 10.2. The van der Waals surface area contributed by atoms with E-state index in [1.165, 1.54) is 13.2 Å². The van der Waals surface area contributed by atoms with Gasteiger partial charge in [-0.25, -0.2) is 0 Å². The molecule has 0 amide bonds. The number of halogens is 3. The average molecular weight is 318 g/mol. The van der Waals surface area contributed by atoms with Gasteiger partial charge in [-0.2, -0.15) is 13.2 Å². The van der Waals surface area contributed by atoms with E-state index in [2.05, 4.69) is 10.1 Å². The number of carbonyl (C=O) groups is 1. The molecule has 1 aliphatic heterocycles. The minimum Gasteiger partial charge on any atom is -0.469 e. The van der Waals surface area contributed by atoms with Crippen LogP contribution in [-0.4, -0.2) is 30.2 Å². The van der Waals surface area contributed by atoms with Crippen molar-refractivity contribution in [2.24, 2.45) is 0 Å². The summed E-state index contributed by atoms with van der Waals surface area (Å²) in [6, 6.07) is 0.783. The molecule has 6 nitrogen and oxygen atoms in total. The van der Waals surface area contributed by atoms with Crippen molar-refractivity contribution in [1.82, 2.24) is 0 Å². The molecule has 0 aromatic heterocycles. The van der Waals surface area contributed by atoms with Gasteiger partial charge in [0, 0.05) is 6.07 Å². The molecule has 1 aliphatic rings. The molecule has 0 aliphatic carbocycles. The Morgan fingerprint density at radius 3 is 2.73 bits per heavy atom. The molecule has 0 saturated heterocycles. The first-order valence-corrected chi connectivity index (χ1v) is 6.42. The van der Waals surface area contributed by atoms with Crippen LogP contribution >= 0.6 is 0 Å². The molecule has 22 heavy (non-hydrogen) atoms. The molecular weight excluding hydrogens is 305 g/mol. The van der Waals surface area contributed by atoms with Crippen LogP contribution < -0.4 is 5.32 Å². The van der Waals surface area contributed by atoms with E-state index >= 15 is 0 Å². The van der Waals surface area contributed by atoms with Crippen LogP contribution in [0.3, 0.4) is 0 Å². The fourth-order valence-corrected chi connectivity index (χ4v) is 2.39. The molecule has 1 aromatic rings. The number of alkyl halides is 3. The number of hydrogen-bond donors (Lipinski definition) is 1. The molecule has 0 bridgehead atoms. The number of nitrogens with zero attached hydrogens (tertiary/aromatic N) is 1. The molecule has 1 heterocycles. The van der Waals surface area contributed by atoms with E-state index in [1.807, 2.05) is 0 Å². The molecule has 2 rings (SSSR count). The Bertz CT molecular complexity index is 616. The van der Waals surface area contributed by atoms with Gasteiger partial charge in [-0.3, -0.25) is 14.9 Å². The number of ether oxygens (including phenoxy) is 1. The summed E-state index contributed by atoms with van der Waals surface area (Å²) in [5, 5.41) is 13.3. The number of aryl methyl sites for hydroxylation is 1. The summed E-state index contributed by atoms with van der Waals surface area (Å²) in [4.78, 5) is 21.6. The minimum absolute atomic E-state index is 0.0440. The highest BCUT2D eigenvalue weighted by Crippen LogP contribution is 2.39. The standard InChI is InChI=1S/C13H13F3N2O4/c1-22-11(19)6-7-4-8-2-3-10(13(14,15)16)17-12(8)9(5-7)18(20)21/h4-5,10,17H,2-3,6H2,1H3. The third-order valence-electron chi connectivity index (χ3n) is 3.45. The van der Waals surface area contributed by atoms with Gasteiger partial charge in [-0.1, -0.05) is 6.07 Å². The highest BCUT2D eigenvalue weighted by molar-refractivity contribution is 5.75. The fraction of sp³-hybridized carbons (Fsp3) is 0.462. The summed E-state index contributed by atoms with van der Waals surface area (Å²) in [5.41, 5.74) is 0.135. The van der Waals surface area contributed by atoms with Gasteiger partial charge < -0.3 is 10.1 Å². The number of esters is 1. The van der Waals surface area contributed by atoms with Crippen LogP contribution in [0.15, 0.2) is 12.1 Å². The number of hydrogen-bond acceptors (Lipinski definition) is 5. The number of fused-ring (bicyclic) bond motifs is 1. The molecular formula is C13H13F3N2O4. The summed E-state index contributed by atoms with van der Waals surface area (Å²) in [6.45, 7) is 0. The molecule has 0 radical (unpaired) electrons. The lowest BCUT2D eigenvalue weighted by molar-refractivity contribution is -0.384. The van der Waals surface area contributed by atoms with Crippen LogP contribution in [0.4, 0.5) is 24.5 Å². The lowest BCUT2D eigenvalue weighted by Gasteiger charge is -2.28. The number of benzene rings is 1. The zero-order valence-corrected chi connectivity index (χ0v) is 11.6. The Labute approximate surface area is 123 Å². The van der Waals surface area contributed by atoms with Crippen molar-refractivity contribution < 1.29 is 27.6 Å². The number of rotatable bonds is 3. The number of nitro benzene ring substituents is 1. The number of carbonyl (C=O) groups excluding carboxylic acids is 1. The predicted molar refractivity (Wildman–Crippen MR) is 70.6 cm³/mol. The first-order valence-electron chi connectivity index (χ1n) is 6.42. The highest BCUT2D eigenvalue weighted by atomic mass is 19.4. The van der Waals surface area contributed by atoms with Gasteiger partial charge in [0.1, 0.15) is 11.7 Å². The first kappa shape index (κ1) is 16.1. The Morgan fingerprint density at radius 1 is 1.50 bits per heavy atom. The van der Waals surface area contributed by atoms with Crippen LogP contribution in [0.25, 0.3) is 0 Å². The molecule has 0 saturated carbocycles. The zero-order chi connectivity index (χ0) is 16.5. The van der Waals surface area contributed by atoms with E-state index in [0.29, 0.717) is 11.1 Å². The maximum absolute atomic E-state index is 12.8. The summed E-state index contributed by atoms with van der Waals surface area (Å²) < 4.78 is 42.8. The molecule has 1 atom stereocenters. The second-order valence-corrected chi connectivity index (χ2v) is 4.94. The normalized spacial score (nSPS) is 17.4. The SMILES string of the molecule is COC(=O)Cc1cc2c(c([N+](=O)[O-])c1)NC(C(F)(F)F)CC2. The second-order valence-electron chi connectivity index (χ2n) is 4.94. The third kappa shape index (κ3) is 3.29. The van der Waals surface area contributed by atoms with Crippen LogP contribution in [0.1, 0.15) is 17.5 Å². The molecule has 0 spiro atoms. The zero-order valence-electron chi connectivity index (χ0n) is 11.6. The number of nitrogens with one attached hydrogen (secondary N) is 1. The average Bonchev–Trinajstić information content (AvgIpc) is 2.44. The minimum atomic E-state index is -4.48. The van der Waals surface area contributed by atoms with Gasteiger partial charge >= 0.3 is 12.1 Å². The van der Waals surface area contributed by atoms with Crippen molar-refractivity contribution in [3.63, 3.8) is 0 Å². The number of nitro groups is 1. The van der Waals surface area contributed by atoms with Crippen molar-refractivity contribution >= 4 is 17.3 Å². The Balaban J connectivity index is 2.40. The molecule has 9 heteroatoms. The molecule has 1 N–H and O–H groups in total. The van der Waals surface area contributed by atoms with E-state index < -0.39 is 28.8 Å². The quantitative estimate of drug-likeness (QED) is 0.526. The van der Waals surface area contributed by atoms with Crippen LogP contribution in [-0.2, 0) is 22.4 Å². The maximum atomic E-state index is 12.8. The van der Waals surface area contributed by atoms with Crippen molar-refractivity contribution in [1.29, 1.82) is 0 Å². The Kier molecular flexibility index (Phi) is 4.25. The summed E-state index contributed by atoms with van der Waals surface area (Å²) >= 11 is 0. The van der Waals surface area contributed by atoms with E-state index in [9.17, 15) is 28.1 Å². The van der Waals surface area contributed by atoms with E-state index in [0.717, 1.165) is 6.07 Å². The van der Waals surface area contributed by atoms with Gasteiger partial charge in [0.25, 0.3) is 5.69 Å². The summed E-state index contributed by atoms with van der Waals surface area (Å²) in [5.74, 6) is -0.578. The van der Waals surface area contributed by atoms with Crippen LogP contribution in [0.2, 0.25) is 0 Å². The van der Waals surface area contributed by atoms with E-state index in [-0.39, 0.29) is 24.9 Å². The van der Waals surface area contributed by atoms with Crippen molar-refractivity contribution in [3.8, 4) is 0 Å². The lowest BCUT2D eigenvalue weighted by atomic mass is 9.94. The van der Waals surface area contributed by atoms with E-state index in [1.54, 1.807) is 0 Å². The molecule has 0 fully saturated rings. The van der Waals surface area contributed by atoms with Gasteiger partial charge in [-0.05, 0) is 24.0 Å². The monoisotopic (exact) mass is 318 g/mol. The van der Waals surface area contributed by atoms with Crippen molar-refractivity contribution in [3.05, 3.63) is 33.4 Å². The predicted octanol–water partition coefficient (Wildman–Crippen LogP) is 2.60. The summed E-state index contributed by atoms with van der Waals surface area (Å²) in [7, 11) is 1.19. The van der Waals surface area contributed by atoms with Gasteiger partial charge in [-0.15, -0.1) is 0 Å². The Morgan fingerprint density at radius 2 is 2.18 bits per heavy atom. The largest absolute Gasteiger partial charge is 0.469 e. The molecule has 1 unspecified atom stereocenters. The van der Waals surface area contributed by atoms with E-state index in [4.69, 9.17) is 0 Å². The van der Waals surface area contributed by atoms with Crippen LogP contribution in [0, 0.1) is 10.1 Å². The number of anilines is 1. The fourth-order valence-electron chi connectivity index (χ4n) is 2.39. The third-order valence-corrected chi connectivity index (χ3v) is 3.45. The smallest absolute Gasteiger partial charge is 0.408 e. The molecule has 120 valence electrons. The topological polar surface area (TPSA) is 81.5 Å². The lowest BCUT2D eigenvalue weighted by Crippen LogP contribution is -2.39. The maximum Gasteiger partial charge on any atom is 0.408 e. The van der Waals surface area contributed by atoms with Crippen LogP contribution in [0.5, 0.6) is 0 Å². The van der Waals surface area contributed by atoms with Gasteiger partial charge in [0.15, 0.2) is 0 Å². The van der Waals surface area contributed by atoms with Crippen molar-refractivity contribution in [2.75, 3.05) is 12.4 Å². The van der Waals surface area contributed by atoms with Gasteiger partial charge in [0.2, 0.25) is 0 Å².